The Kier molecular flexibility index (Phi) is 2.00. The molecule has 15 heavy (non-hydrogen) atoms. The number of halogens is 1. The zero-order valence-electron chi connectivity index (χ0n) is 8.89. The topological polar surface area (TPSA) is 15.3 Å². The van der Waals surface area contributed by atoms with E-state index in [9.17, 15) is 0 Å². The van der Waals surface area contributed by atoms with Crippen LogP contribution in [-0.4, -0.2) is 19.1 Å². The summed E-state index contributed by atoms with van der Waals surface area (Å²) in [6.07, 6.45) is 4.00. The highest BCUT2D eigenvalue weighted by Gasteiger charge is 2.44. The maximum atomic E-state index is 3.65. The Morgan fingerprint density at radius 3 is 2.87 bits per heavy atom. The molecule has 1 aromatic rings. The molecule has 0 amide bonds. The van der Waals surface area contributed by atoms with Gasteiger partial charge in [-0.05, 0) is 47.3 Å². The molecule has 1 N–H and O–H groups in total. The van der Waals surface area contributed by atoms with E-state index in [4.69, 9.17) is 0 Å². The van der Waals surface area contributed by atoms with E-state index in [1.54, 1.807) is 0 Å². The minimum atomic E-state index is 0.386. The molecular weight excluding hydrogens is 252 g/mol. The van der Waals surface area contributed by atoms with Crippen molar-refractivity contribution in [3.05, 3.63) is 22.7 Å². The van der Waals surface area contributed by atoms with E-state index >= 15 is 0 Å². The molecule has 1 aliphatic heterocycles. The second kappa shape index (κ2) is 3.14. The lowest BCUT2D eigenvalue weighted by atomic mass is 9.74. The number of benzene rings is 1. The predicted octanol–water partition coefficient (Wildman–Crippen LogP) is 3.23. The van der Waals surface area contributed by atoms with Gasteiger partial charge in [0.25, 0.3) is 0 Å². The van der Waals surface area contributed by atoms with Crippen LogP contribution in [0.3, 0.4) is 0 Å². The fraction of sp³-hybridized carbons (Fsp3) is 0.500. The number of para-hydroxylation sites is 1. The Balaban J connectivity index is 2.08. The second-order valence-corrected chi connectivity index (χ2v) is 5.48. The van der Waals surface area contributed by atoms with E-state index < -0.39 is 0 Å². The summed E-state index contributed by atoms with van der Waals surface area (Å²) in [5.74, 6) is 0. The highest BCUT2D eigenvalue weighted by Crippen LogP contribution is 2.47. The summed E-state index contributed by atoms with van der Waals surface area (Å²) in [4.78, 5) is 2.46. The molecule has 1 spiro atoms. The fourth-order valence-corrected chi connectivity index (χ4v) is 3.34. The van der Waals surface area contributed by atoms with Crippen molar-refractivity contribution in [1.29, 1.82) is 0 Å². The summed E-state index contributed by atoms with van der Waals surface area (Å²) in [7, 11) is 2.23. The van der Waals surface area contributed by atoms with E-state index in [0.29, 0.717) is 5.54 Å². The third-order valence-corrected chi connectivity index (χ3v) is 4.57. The molecule has 0 unspecified atom stereocenters. The molecule has 0 aromatic heterocycles. The van der Waals surface area contributed by atoms with Crippen molar-refractivity contribution in [3.63, 3.8) is 0 Å². The van der Waals surface area contributed by atoms with Crippen LogP contribution in [0.2, 0.25) is 0 Å². The SMILES string of the molecule is CN1c2c(Br)cccc2NCC12CCC2. The maximum absolute atomic E-state index is 3.65. The lowest BCUT2D eigenvalue weighted by Crippen LogP contribution is -2.59. The number of nitrogens with zero attached hydrogens (tertiary/aromatic N) is 1. The van der Waals surface area contributed by atoms with Gasteiger partial charge < -0.3 is 10.2 Å². The van der Waals surface area contributed by atoms with E-state index in [0.717, 1.165) is 6.54 Å². The minimum absolute atomic E-state index is 0.386. The van der Waals surface area contributed by atoms with Crippen LogP contribution in [0.25, 0.3) is 0 Å². The van der Waals surface area contributed by atoms with E-state index in [1.807, 2.05) is 0 Å². The lowest BCUT2D eigenvalue weighted by Gasteiger charge is -2.53. The summed E-state index contributed by atoms with van der Waals surface area (Å²) >= 11 is 3.65. The lowest BCUT2D eigenvalue weighted by molar-refractivity contribution is 0.248. The average molecular weight is 267 g/mol. The molecule has 1 aliphatic carbocycles. The van der Waals surface area contributed by atoms with Crippen LogP contribution in [0, 0.1) is 0 Å². The highest BCUT2D eigenvalue weighted by atomic mass is 79.9. The zero-order valence-corrected chi connectivity index (χ0v) is 10.5. The number of likely N-dealkylation sites (N-methyl/N-ethyl adjacent to an activating group) is 1. The molecular formula is C12H15BrN2. The first-order valence-electron chi connectivity index (χ1n) is 5.49. The zero-order chi connectivity index (χ0) is 10.5. The number of hydrogen-bond acceptors (Lipinski definition) is 2. The van der Waals surface area contributed by atoms with Crippen LogP contribution in [0.1, 0.15) is 19.3 Å². The number of nitrogens with one attached hydrogen (secondary N) is 1. The smallest absolute Gasteiger partial charge is 0.0748 e. The van der Waals surface area contributed by atoms with Crippen LogP contribution in [0.5, 0.6) is 0 Å². The fourth-order valence-electron chi connectivity index (χ4n) is 2.71. The van der Waals surface area contributed by atoms with Gasteiger partial charge in [0.05, 0.1) is 16.9 Å². The van der Waals surface area contributed by atoms with Crippen LogP contribution in [0.4, 0.5) is 11.4 Å². The molecule has 0 radical (unpaired) electrons. The van der Waals surface area contributed by atoms with Gasteiger partial charge in [0.1, 0.15) is 0 Å². The number of rotatable bonds is 0. The third-order valence-electron chi connectivity index (χ3n) is 3.93. The van der Waals surface area contributed by atoms with Crippen LogP contribution in [0.15, 0.2) is 22.7 Å². The predicted molar refractivity (Wildman–Crippen MR) is 67.6 cm³/mol. The Bertz CT molecular complexity index is 399. The molecule has 0 atom stereocenters. The quantitative estimate of drug-likeness (QED) is 0.776. The summed E-state index contributed by atoms with van der Waals surface area (Å²) in [5.41, 5.74) is 2.96. The van der Waals surface area contributed by atoms with Crippen molar-refractivity contribution in [2.24, 2.45) is 0 Å². The van der Waals surface area contributed by atoms with Crippen molar-refractivity contribution in [1.82, 2.24) is 0 Å². The Morgan fingerprint density at radius 2 is 2.20 bits per heavy atom. The number of hydrogen-bond donors (Lipinski definition) is 1. The van der Waals surface area contributed by atoms with Crippen molar-refractivity contribution in [3.8, 4) is 0 Å². The van der Waals surface area contributed by atoms with Gasteiger partial charge in [-0.15, -0.1) is 0 Å². The van der Waals surface area contributed by atoms with Gasteiger partial charge >= 0.3 is 0 Å². The standard InChI is InChI=1S/C12H15BrN2/c1-15-11-9(13)4-2-5-10(11)14-8-12(15)6-3-7-12/h2,4-5,14H,3,6-8H2,1H3. The molecule has 1 aromatic carbocycles. The molecule has 1 saturated carbocycles. The molecule has 3 heteroatoms. The molecule has 2 nitrogen and oxygen atoms in total. The first-order chi connectivity index (χ1) is 7.23. The second-order valence-electron chi connectivity index (χ2n) is 4.63. The Hall–Kier alpha value is -0.700. The molecule has 2 aliphatic rings. The monoisotopic (exact) mass is 266 g/mol. The van der Waals surface area contributed by atoms with Gasteiger partial charge in [0.15, 0.2) is 0 Å². The van der Waals surface area contributed by atoms with Crippen molar-refractivity contribution in [2.75, 3.05) is 23.8 Å². The molecule has 3 rings (SSSR count). The van der Waals surface area contributed by atoms with Crippen LogP contribution >= 0.6 is 15.9 Å². The molecule has 80 valence electrons. The van der Waals surface area contributed by atoms with E-state index in [2.05, 4.69) is 51.4 Å². The summed E-state index contributed by atoms with van der Waals surface area (Å²) < 4.78 is 1.20. The van der Waals surface area contributed by atoms with Gasteiger partial charge in [-0.25, -0.2) is 0 Å². The van der Waals surface area contributed by atoms with Crippen molar-refractivity contribution in [2.45, 2.75) is 24.8 Å². The van der Waals surface area contributed by atoms with Crippen molar-refractivity contribution >= 4 is 27.3 Å². The Labute approximate surface area is 98.8 Å². The first kappa shape index (κ1) is 9.52. The largest absolute Gasteiger partial charge is 0.381 e. The number of anilines is 2. The molecule has 0 bridgehead atoms. The Morgan fingerprint density at radius 1 is 1.40 bits per heavy atom. The summed E-state index contributed by atoms with van der Waals surface area (Å²) in [6, 6.07) is 6.36. The number of fused-ring (bicyclic) bond motifs is 1. The first-order valence-corrected chi connectivity index (χ1v) is 6.28. The summed E-state index contributed by atoms with van der Waals surface area (Å²) in [6.45, 7) is 1.09. The van der Waals surface area contributed by atoms with Gasteiger partial charge in [0, 0.05) is 18.1 Å². The maximum Gasteiger partial charge on any atom is 0.0748 e. The highest BCUT2D eigenvalue weighted by molar-refractivity contribution is 9.10. The molecule has 1 heterocycles. The van der Waals surface area contributed by atoms with E-state index in [1.165, 1.54) is 35.1 Å². The van der Waals surface area contributed by atoms with Gasteiger partial charge in [-0.2, -0.15) is 0 Å². The normalized spacial score (nSPS) is 21.9. The van der Waals surface area contributed by atoms with Gasteiger partial charge in [-0.3, -0.25) is 0 Å². The van der Waals surface area contributed by atoms with Crippen LogP contribution < -0.4 is 10.2 Å². The third kappa shape index (κ3) is 1.22. The van der Waals surface area contributed by atoms with Gasteiger partial charge in [0.2, 0.25) is 0 Å². The average Bonchev–Trinajstić information content (AvgIpc) is 2.16. The van der Waals surface area contributed by atoms with Gasteiger partial charge in [-0.1, -0.05) is 6.07 Å². The minimum Gasteiger partial charge on any atom is -0.381 e. The van der Waals surface area contributed by atoms with E-state index in [-0.39, 0.29) is 0 Å². The van der Waals surface area contributed by atoms with Crippen LogP contribution in [-0.2, 0) is 0 Å². The van der Waals surface area contributed by atoms with Crippen molar-refractivity contribution < 1.29 is 0 Å². The summed E-state index contributed by atoms with van der Waals surface area (Å²) in [5, 5.41) is 3.55. The molecule has 1 fully saturated rings. The molecule has 0 saturated heterocycles.